The van der Waals surface area contributed by atoms with Crippen LogP contribution in [0.4, 0.5) is 11.5 Å². The Labute approximate surface area is 117 Å². The van der Waals surface area contributed by atoms with E-state index in [1.54, 1.807) is 0 Å². The molecule has 5 heteroatoms. The maximum atomic E-state index is 11.2. The van der Waals surface area contributed by atoms with Crippen molar-refractivity contribution < 1.29 is 4.79 Å². The van der Waals surface area contributed by atoms with Crippen molar-refractivity contribution in [3.8, 4) is 11.3 Å². The van der Waals surface area contributed by atoms with Crippen LogP contribution in [0, 0.1) is 6.92 Å². The molecular formula is C15H16N4O. The Bertz CT molecular complexity index is 709. The van der Waals surface area contributed by atoms with E-state index in [9.17, 15) is 4.79 Å². The third kappa shape index (κ3) is 2.11. The van der Waals surface area contributed by atoms with Crippen molar-refractivity contribution in [3.05, 3.63) is 35.2 Å². The molecule has 1 heterocycles. The third-order valence-corrected chi connectivity index (χ3v) is 3.45. The Morgan fingerprint density at radius 1 is 1.30 bits per heavy atom. The molecule has 2 aromatic rings. The maximum Gasteiger partial charge on any atom is 0.222 e. The van der Waals surface area contributed by atoms with Gasteiger partial charge >= 0.3 is 0 Å². The van der Waals surface area contributed by atoms with E-state index in [-0.39, 0.29) is 5.91 Å². The summed E-state index contributed by atoms with van der Waals surface area (Å²) in [5, 5.41) is 2.72. The number of hydrogen-bond acceptors (Lipinski definition) is 4. The molecule has 0 fully saturated rings. The quantitative estimate of drug-likeness (QED) is 0.776. The summed E-state index contributed by atoms with van der Waals surface area (Å²) in [6, 6.07) is 5.87. The van der Waals surface area contributed by atoms with E-state index in [4.69, 9.17) is 5.73 Å². The second-order valence-corrected chi connectivity index (χ2v) is 5.05. The number of anilines is 2. The van der Waals surface area contributed by atoms with E-state index in [1.807, 2.05) is 25.1 Å². The average molecular weight is 268 g/mol. The van der Waals surface area contributed by atoms with E-state index < -0.39 is 0 Å². The van der Waals surface area contributed by atoms with Crippen molar-refractivity contribution in [2.75, 3.05) is 11.1 Å². The number of amides is 1. The molecule has 0 atom stereocenters. The molecule has 20 heavy (non-hydrogen) atoms. The predicted octanol–water partition coefficient (Wildman–Crippen LogP) is 2.09. The summed E-state index contributed by atoms with van der Waals surface area (Å²) >= 11 is 0. The minimum Gasteiger partial charge on any atom is -0.399 e. The van der Waals surface area contributed by atoms with Gasteiger partial charge in [0, 0.05) is 18.2 Å². The predicted molar refractivity (Wildman–Crippen MR) is 78.3 cm³/mol. The summed E-state index contributed by atoms with van der Waals surface area (Å²) in [7, 11) is 0. The van der Waals surface area contributed by atoms with Gasteiger partial charge in [-0.2, -0.15) is 0 Å². The molecule has 1 aromatic carbocycles. The molecule has 0 spiro atoms. The van der Waals surface area contributed by atoms with Gasteiger partial charge in [-0.15, -0.1) is 0 Å². The fourth-order valence-corrected chi connectivity index (χ4v) is 2.53. The molecule has 3 N–H and O–H groups in total. The number of benzene rings is 1. The number of fused-ring (bicyclic) bond motifs is 3. The van der Waals surface area contributed by atoms with Crippen molar-refractivity contribution in [3.63, 3.8) is 0 Å². The number of carbonyl (C=O) groups is 1. The molecule has 1 aromatic heterocycles. The Kier molecular flexibility index (Phi) is 2.89. The van der Waals surface area contributed by atoms with Gasteiger partial charge in [-0.3, -0.25) is 4.79 Å². The largest absolute Gasteiger partial charge is 0.399 e. The van der Waals surface area contributed by atoms with Crippen LogP contribution in [0.2, 0.25) is 0 Å². The van der Waals surface area contributed by atoms with Crippen molar-refractivity contribution in [2.24, 2.45) is 0 Å². The molecule has 102 valence electrons. The van der Waals surface area contributed by atoms with Crippen LogP contribution in [-0.2, 0) is 17.6 Å². The number of nitrogens with two attached hydrogens (primary N) is 1. The Morgan fingerprint density at radius 3 is 2.85 bits per heavy atom. The summed E-state index contributed by atoms with van der Waals surface area (Å²) in [6.45, 7) is 3.32. The molecular weight excluding hydrogens is 252 g/mol. The zero-order chi connectivity index (χ0) is 14.3. The Balaban J connectivity index is 2.12. The average Bonchev–Trinajstić information content (AvgIpc) is 2.39. The van der Waals surface area contributed by atoms with E-state index >= 15 is 0 Å². The van der Waals surface area contributed by atoms with Crippen LogP contribution in [0.3, 0.4) is 0 Å². The lowest BCUT2D eigenvalue weighted by Gasteiger charge is -2.20. The van der Waals surface area contributed by atoms with Crippen molar-refractivity contribution >= 4 is 17.4 Å². The first kappa shape index (κ1) is 12.6. The topological polar surface area (TPSA) is 80.9 Å². The Hall–Kier alpha value is -2.43. The molecule has 0 saturated carbocycles. The van der Waals surface area contributed by atoms with E-state index in [2.05, 4.69) is 15.3 Å². The normalized spacial score (nSPS) is 12.5. The van der Waals surface area contributed by atoms with Gasteiger partial charge in [-0.1, -0.05) is 6.07 Å². The molecule has 0 saturated heterocycles. The van der Waals surface area contributed by atoms with Crippen LogP contribution in [-0.4, -0.2) is 15.9 Å². The van der Waals surface area contributed by atoms with E-state index in [0.717, 1.165) is 41.2 Å². The maximum absolute atomic E-state index is 11.2. The fraction of sp³-hybridized carbons (Fsp3) is 0.267. The van der Waals surface area contributed by atoms with Crippen molar-refractivity contribution in [1.29, 1.82) is 0 Å². The Morgan fingerprint density at radius 2 is 2.10 bits per heavy atom. The highest BCUT2D eigenvalue weighted by Gasteiger charge is 2.20. The lowest BCUT2D eigenvalue weighted by atomic mass is 9.91. The highest BCUT2D eigenvalue weighted by Crippen LogP contribution is 2.33. The van der Waals surface area contributed by atoms with Crippen LogP contribution in [0.25, 0.3) is 11.3 Å². The number of rotatable bonds is 1. The first-order valence-corrected chi connectivity index (χ1v) is 6.58. The lowest BCUT2D eigenvalue weighted by Crippen LogP contribution is -2.15. The van der Waals surface area contributed by atoms with Crippen molar-refractivity contribution in [2.45, 2.75) is 26.7 Å². The molecule has 0 bridgehead atoms. The molecule has 1 amide bonds. The second-order valence-electron chi connectivity index (χ2n) is 5.05. The summed E-state index contributed by atoms with van der Waals surface area (Å²) < 4.78 is 0. The van der Waals surface area contributed by atoms with E-state index in [0.29, 0.717) is 5.82 Å². The van der Waals surface area contributed by atoms with Gasteiger partial charge < -0.3 is 11.1 Å². The molecule has 0 unspecified atom stereocenters. The summed E-state index contributed by atoms with van der Waals surface area (Å²) in [5.41, 5.74) is 11.4. The number of nitrogens with one attached hydrogen (secondary N) is 1. The number of aromatic nitrogens is 2. The zero-order valence-electron chi connectivity index (χ0n) is 11.5. The molecule has 0 aliphatic heterocycles. The van der Waals surface area contributed by atoms with E-state index in [1.165, 1.54) is 12.5 Å². The first-order valence-electron chi connectivity index (χ1n) is 6.58. The first-order chi connectivity index (χ1) is 9.54. The van der Waals surface area contributed by atoms with Crippen LogP contribution in [0.1, 0.15) is 23.9 Å². The zero-order valence-corrected chi connectivity index (χ0v) is 11.5. The number of hydrogen-bond donors (Lipinski definition) is 2. The van der Waals surface area contributed by atoms with Gasteiger partial charge in [0.25, 0.3) is 0 Å². The highest BCUT2D eigenvalue weighted by atomic mass is 16.1. The second kappa shape index (κ2) is 4.59. The lowest BCUT2D eigenvalue weighted by molar-refractivity contribution is -0.114. The van der Waals surface area contributed by atoms with Gasteiger partial charge in [0.05, 0.1) is 17.1 Å². The molecule has 5 nitrogen and oxygen atoms in total. The highest BCUT2D eigenvalue weighted by molar-refractivity contribution is 5.88. The minimum atomic E-state index is -0.133. The smallest absolute Gasteiger partial charge is 0.222 e. The van der Waals surface area contributed by atoms with Crippen molar-refractivity contribution in [1.82, 2.24) is 9.97 Å². The summed E-state index contributed by atoms with van der Waals surface area (Å²) in [4.78, 5) is 20.3. The number of aryl methyl sites for hydroxylation is 3. The van der Waals surface area contributed by atoms with Crippen LogP contribution in [0.5, 0.6) is 0 Å². The fourth-order valence-electron chi connectivity index (χ4n) is 2.53. The van der Waals surface area contributed by atoms with Crippen LogP contribution >= 0.6 is 0 Å². The minimum absolute atomic E-state index is 0.133. The standard InChI is InChI=1S/C15H16N4O/c1-8-15(18-9(2)20)19-13-6-3-10-7-11(16)4-5-12(10)14(13)17-8/h4-5,7H,3,6,16H2,1-2H3,(H,18,19,20). The van der Waals surface area contributed by atoms with Crippen LogP contribution in [0.15, 0.2) is 18.2 Å². The third-order valence-electron chi connectivity index (χ3n) is 3.45. The molecule has 1 aliphatic rings. The molecule has 3 rings (SSSR count). The number of nitrogens with zero attached hydrogens (tertiary/aromatic N) is 2. The van der Waals surface area contributed by atoms with Gasteiger partial charge in [0.2, 0.25) is 5.91 Å². The van der Waals surface area contributed by atoms with Crippen LogP contribution < -0.4 is 11.1 Å². The summed E-state index contributed by atoms with van der Waals surface area (Å²) in [6.07, 6.45) is 1.70. The summed E-state index contributed by atoms with van der Waals surface area (Å²) in [5.74, 6) is 0.418. The van der Waals surface area contributed by atoms with Gasteiger partial charge in [0.1, 0.15) is 0 Å². The van der Waals surface area contributed by atoms with Gasteiger partial charge in [0.15, 0.2) is 5.82 Å². The SMILES string of the molecule is CC(=O)Nc1nc2c(nc1C)-c1ccc(N)cc1CC2. The molecule has 0 radical (unpaired) electrons. The number of nitrogen functional groups attached to an aromatic ring is 1. The monoisotopic (exact) mass is 268 g/mol. The number of carbonyl (C=O) groups excluding carboxylic acids is 1. The van der Waals surface area contributed by atoms with Gasteiger partial charge in [-0.25, -0.2) is 9.97 Å². The van der Waals surface area contributed by atoms with Gasteiger partial charge in [-0.05, 0) is 37.5 Å². The molecule has 1 aliphatic carbocycles.